The highest BCUT2D eigenvalue weighted by atomic mass is 16.5. The molecule has 3 heteroatoms. The van der Waals surface area contributed by atoms with Crippen molar-refractivity contribution in [1.82, 2.24) is 4.90 Å². The first-order valence-corrected chi connectivity index (χ1v) is 9.26. The maximum absolute atomic E-state index is 10.8. The summed E-state index contributed by atoms with van der Waals surface area (Å²) in [5.74, 6) is 0.498. The van der Waals surface area contributed by atoms with Crippen LogP contribution in [0.3, 0.4) is 0 Å². The third kappa shape index (κ3) is 4.97. The standard InChI is InChI=1S/C21H35NO2/c1-20(2,3)17-14-16(19(23)18(15-17)21(4,5)6)8-7-9-22-10-12-24-13-11-22/h14-15,23H,7-13H2,1-6H3. The highest BCUT2D eigenvalue weighted by Gasteiger charge is 2.24. The van der Waals surface area contributed by atoms with Crippen LogP contribution in [0.5, 0.6) is 5.75 Å². The minimum atomic E-state index is -0.0513. The van der Waals surface area contributed by atoms with Gasteiger partial charge in [-0.1, -0.05) is 53.7 Å². The van der Waals surface area contributed by atoms with Crippen molar-refractivity contribution < 1.29 is 9.84 Å². The van der Waals surface area contributed by atoms with Gasteiger partial charge in [0, 0.05) is 13.1 Å². The summed E-state index contributed by atoms with van der Waals surface area (Å²) < 4.78 is 5.41. The van der Waals surface area contributed by atoms with Crippen molar-refractivity contribution in [1.29, 1.82) is 0 Å². The summed E-state index contributed by atoms with van der Waals surface area (Å²) >= 11 is 0. The lowest BCUT2D eigenvalue weighted by molar-refractivity contribution is 0.0374. The molecule has 136 valence electrons. The highest BCUT2D eigenvalue weighted by molar-refractivity contribution is 5.48. The second kappa shape index (κ2) is 7.45. The molecule has 0 bridgehead atoms. The summed E-state index contributed by atoms with van der Waals surface area (Å²) in [7, 11) is 0. The smallest absolute Gasteiger partial charge is 0.122 e. The predicted molar refractivity (Wildman–Crippen MR) is 101 cm³/mol. The van der Waals surface area contributed by atoms with Crippen LogP contribution >= 0.6 is 0 Å². The van der Waals surface area contributed by atoms with Gasteiger partial charge in [0.15, 0.2) is 0 Å². The van der Waals surface area contributed by atoms with E-state index in [1.165, 1.54) is 5.56 Å². The van der Waals surface area contributed by atoms with Crippen LogP contribution in [-0.2, 0) is 22.0 Å². The average Bonchev–Trinajstić information content (AvgIpc) is 2.47. The summed E-state index contributed by atoms with van der Waals surface area (Å²) in [5.41, 5.74) is 3.51. The van der Waals surface area contributed by atoms with E-state index in [2.05, 4.69) is 58.6 Å². The monoisotopic (exact) mass is 333 g/mol. The number of hydrogen-bond donors (Lipinski definition) is 1. The summed E-state index contributed by atoms with van der Waals surface area (Å²) in [6.07, 6.45) is 2.00. The van der Waals surface area contributed by atoms with Crippen LogP contribution < -0.4 is 0 Å². The van der Waals surface area contributed by atoms with Gasteiger partial charge in [0.1, 0.15) is 5.75 Å². The van der Waals surface area contributed by atoms with Crippen molar-refractivity contribution in [3.8, 4) is 5.75 Å². The fourth-order valence-corrected chi connectivity index (χ4v) is 3.21. The molecular weight excluding hydrogens is 298 g/mol. The Hall–Kier alpha value is -1.06. The van der Waals surface area contributed by atoms with E-state index in [9.17, 15) is 5.11 Å². The zero-order valence-corrected chi connectivity index (χ0v) is 16.4. The normalized spacial score (nSPS) is 17.2. The van der Waals surface area contributed by atoms with Crippen molar-refractivity contribution >= 4 is 0 Å². The van der Waals surface area contributed by atoms with E-state index in [0.29, 0.717) is 5.75 Å². The van der Waals surface area contributed by atoms with Crippen molar-refractivity contribution in [2.45, 2.75) is 65.2 Å². The molecule has 0 unspecified atom stereocenters. The molecule has 1 heterocycles. The van der Waals surface area contributed by atoms with Crippen molar-refractivity contribution in [3.05, 3.63) is 28.8 Å². The van der Waals surface area contributed by atoms with Gasteiger partial charge in [0.25, 0.3) is 0 Å². The van der Waals surface area contributed by atoms with Gasteiger partial charge in [0.05, 0.1) is 13.2 Å². The Kier molecular flexibility index (Phi) is 5.98. The predicted octanol–water partition coefficient (Wildman–Crippen LogP) is 4.25. The Bertz CT molecular complexity index is 546. The molecule has 0 saturated carbocycles. The van der Waals surface area contributed by atoms with Crippen molar-refractivity contribution in [3.63, 3.8) is 0 Å². The molecule has 1 aliphatic heterocycles. The molecule has 1 aliphatic rings. The van der Waals surface area contributed by atoms with Crippen LogP contribution in [0.1, 0.15) is 64.7 Å². The number of nitrogens with zero attached hydrogens (tertiary/aromatic N) is 1. The van der Waals surface area contributed by atoms with Gasteiger partial charge in [-0.05, 0) is 46.9 Å². The van der Waals surface area contributed by atoms with Gasteiger partial charge in [-0.2, -0.15) is 0 Å². The number of benzene rings is 1. The third-order valence-corrected chi connectivity index (χ3v) is 4.89. The maximum Gasteiger partial charge on any atom is 0.122 e. The van der Waals surface area contributed by atoms with E-state index >= 15 is 0 Å². The number of aromatic hydroxyl groups is 1. The number of ether oxygens (including phenoxy) is 1. The number of rotatable bonds is 4. The Morgan fingerprint density at radius 2 is 1.62 bits per heavy atom. The lowest BCUT2D eigenvalue weighted by Gasteiger charge is -2.28. The van der Waals surface area contributed by atoms with Gasteiger partial charge in [-0.15, -0.1) is 0 Å². The molecule has 24 heavy (non-hydrogen) atoms. The molecule has 3 nitrogen and oxygen atoms in total. The molecule has 0 aliphatic carbocycles. The molecule has 1 fully saturated rings. The lowest BCUT2D eigenvalue weighted by atomic mass is 9.78. The second-order valence-electron chi connectivity index (χ2n) is 9.09. The number of morpholine rings is 1. The second-order valence-corrected chi connectivity index (χ2v) is 9.09. The number of hydrogen-bond acceptors (Lipinski definition) is 3. The molecule has 2 rings (SSSR count). The Balaban J connectivity index is 2.17. The van der Waals surface area contributed by atoms with Crippen molar-refractivity contribution in [2.24, 2.45) is 0 Å². The minimum Gasteiger partial charge on any atom is -0.507 e. The van der Waals surface area contributed by atoms with Crippen LogP contribution in [-0.4, -0.2) is 42.9 Å². The van der Waals surface area contributed by atoms with Gasteiger partial charge in [-0.3, -0.25) is 4.90 Å². The van der Waals surface area contributed by atoms with E-state index in [1.807, 2.05) is 0 Å². The third-order valence-electron chi connectivity index (χ3n) is 4.89. The first-order valence-electron chi connectivity index (χ1n) is 9.26. The van der Waals surface area contributed by atoms with Crippen LogP contribution in [0.2, 0.25) is 0 Å². The molecule has 0 amide bonds. The molecule has 0 atom stereocenters. The largest absolute Gasteiger partial charge is 0.507 e. The van der Waals surface area contributed by atoms with E-state index < -0.39 is 0 Å². The Morgan fingerprint density at radius 3 is 2.17 bits per heavy atom. The van der Waals surface area contributed by atoms with Crippen LogP contribution in [0.15, 0.2) is 12.1 Å². The van der Waals surface area contributed by atoms with E-state index in [0.717, 1.165) is 56.8 Å². The Labute approximate surface area is 148 Å². The van der Waals surface area contributed by atoms with Crippen LogP contribution in [0.4, 0.5) is 0 Å². The molecule has 0 spiro atoms. The summed E-state index contributed by atoms with van der Waals surface area (Å²) in [6, 6.07) is 4.41. The first kappa shape index (κ1) is 19.3. The zero-order valence-electron chi connectivity index (χ0n) is 16.4. The van der Waals surface area contributed by atoms with Gasteiger partial charge < -0.3 is 9.84 Å². The molecular formula is C21H35NO2. The zero-order chi connectivity index (χ0) is 18.0. The molecule has 1 aromatic carbocycles. The quantitative estimate of drug-likeness (QED) is 0.894. The van der Waals surface area contributed by atoms with Gasteiger partial charge in [-0.25, -0.2) is 0 Å². The first-order chi connectivity index (χ1) is 11.1. The van der Waals surface area contributed by atoms with E-state index in [1.54, 1.807) is 0 Å². The summed E-state index contributed by atoms with van der Waals surface area (Å²) in [4.78, 5) is 2.46. The minimum absolute atomic E-state index is 0.0513. The van der Waals surface area contributed by atoms with Crippen LogP contribution in [0, 0.1) is 0 Å². The lowest BCUT2D eigenvalue weighted by Crippen LogP contribution is -2.36. The fraction of sp³-hybridized carbons (Fsp3) is 0.714. The van der Waals surface area contributed by atoms with Gasteiger partial charge >= 0.3 is 0 Å². The average molecular weight is 334 g/mol. The summed E-state index contributed by atoms with van der Waals surface area (Å²) in [5, 5.41) is 10.8. The maximum atomic E-state index is 10.8. The fourth-order valence-electron chi connectivity index (χ4n) is 3.21. The SMILES string of the molecule is CC(C)(C)c1cc(CCCN2CCOCC2)c(O)c(C(C)(C)C)c1. The summed E-state index contributed by atoms with van der Waals surface area (Å²) in [6.45, 7) is 18.1. The molecule has 1 saturated heterocycles. The van der Waals surface area contributed by atoms with Gasteiger partial charge in [0.2, 0.25) is 0 Å². The molecule has 0 aromatic heterocycles. The number of aryl methyl sites for hydroxylation is 1. The van der Waals surface area contributed by atoms with E-state index in [4.69, 9.17) is 4.74 Å². The van der Waals surface area contributed by atoms with Crippen molar-refractivity contribution in [2.75, 3.05) is 32.8 Å². The molecule has 1 N–H and O–H groups in total. The highest BCUT2D eigenvalue weighted by Crippen LogP contribution is 2.38. The molecule has 0 radical (unpaired) electrons. The topological polar surface area (TPSA) is 32.7 Å². The number of phenols is 1. The number of phenolic OH excluding ortho intramolecular Hbond substituents is 1. The van der Waals surface area contributed by atoms with Crippen LogP contribution in [0.25, 0.3) is 0 Å². The molecule has 1 aromatic rings. The van der Waals surface area contributed by atoms with E-state index in [-0.39, 0.29) is 10.8 Å². The Morgan fingerprint density at radius 1 is 1.00 bits per heavy atom.